The topological polar surface area (TPSA) is 164 Å². The van der Waals surface area contributed by atoms with Crippen molar-refractivity contribution in [1.29, 1.82) is 0 Å². The van der Waals surface area contributed by atoms with Crippen LogP contribution in [-0.4, -0.2) is 99.3 Å². The number of piperazine rings is 1. The zero-order valence-corrected chi connectivity index (χ0v) is 45.9. The predicted molar refractivity (Wildman–Crippen MR) is 303 cm³/mol. The summed E-state index contributed by atoms with van der Waals surface area (Å²) in [6, 6.07) is 28.1. The first-order valence-electron chi connectivity index (χ1n) is 27.4. The molecule has 4 aromatic carbocycles. The Labute approximate surface area is 454 Å². The number of piperidine rings is 1. The normalized spacial score (nSPS) is 19.3. The van der Waals surface area contributed by atoms with E-state index in [9.17, 15) is 19.2 Å². The molecule has 3 aromatic heterocycles. The minimum atomic E-state index is -0.732. The Balaban J connectivity index is 0.695. The number of fused-ring (bicyclic) bond motifs is 3. The van der Waals surface area contributed by atoms with E-state index in [1.165, 1.54) is 35.4 Å². The highest BCUT2D eigenvalue weighted by Crippen LogP contribution is 2.39. The molecule has 3 amide bonds. The molecule has 4 aliphatic rings. The quantitative estimate of drug-likeness (QED) is 0.0831. The molecule has 77 heavy (non-hydrogen) atoms. The molecule has 0 spiro atoms. The van der Waals surface area contributed by atoms with Gasteiger partial charge in [0.1, 0.15) is 17.2 Å². The van der Waals surface area contributed by atoms with Gasteiger partial charge in [-0.2, -0.15) is 5.10 Å². The SMILES string of the molecule is Cc1cc2c(C3CCC(=O)NC3=O)nn(C)c2cc1N1CCN(CCC[C@H]2CC[C@H](Oc3cccc(-c4ccc(N5CCc6cccc(C(=O)Nc7nc8ccccc8s7)c6C5)nc4C(=O)OC(C)(C)C)c3C)CC2)CC1. The van der Waals surface area contributed by atoms with Crippen molar-refractivity contribution in [3.05, 3.63) is 124 Å². The predicted octanol–water partition coefficient (Wildman–Crippen LogP) is 10.7. The number of nitrogens with zero attached hydrogens (tertiary/aromatic N) is 7. The van der Waals surface area contributed by atoms with E-state index in [4.69, 9.17) is 19.6 Å². The van der Waals surface area contributed by atoms with Crippen LogP contribution < -0.4 is 25.2 Å². The van der Waals surface area contributed by atoms with Gasteiger partial charge in [-0.25, -0.2) is 14.8 Å². The first kappa shape index (κ1) is 51.9. The lowest BCUT2D eigenvalue weighted by Gasteiger charge is -2.37. The van der Waals surface area contributed by atoms with E-state index in [0.717, 1.165) is 113 Å². The largest absolute Gasteiger partial charge is 0.490 e. The van der Waals surface area contributed by atoms with E-state index >= 15 is 0 Å². The highest BCUT2D eigenvalue weighted by molar-refractivity contribution is 7.22. The van der Waals surface area contributed by atoms with Gasteiger partial charge in [-0.3, -0.25) is 34.6 Å². The second-order valence-corrected chi connectivity index (χ2v) is 23.5. The van der Waals surface area contributed by atoms with Gasteiger partial charge in [-0.1, -0.05) is 47.7 Å². The number of thiazole rings is 1. The van der Waals surface area contributed by atoms with E-state index in [-0.39, 0.29) is 29.5 Å². The Morgan fingerprint density at radius 3 is 2.40 bits per heavy atom. The standard InChI is InChI=1S/C61H69N9O6S/c1-37-34-46-50(67(6)66-55(46)45-24-26-54(71)64-58(45)73)35-49(37)69-32-30-68(31-33-69)28-11-12-39-19-21-41(22-20-39)75-51-17-10-14-42(38(51)2)43-23-25-53(63-56(43)59(74)76-61(3,4)5)70-29-27-40-13-9-15-44(47(40)36-70)57(72)65-60-62-48-16-7-8-18-52(48)77-60/h7-10,13-18,23,25,34-35,39,41,45H,11-12,19-22,24,26-33,36H2,1-6H3,(H,62,65,72)(H,64,71,73)/t39-,41-,45?. The number of amides is 3. The van der Waals surface area contributed by atoms with Crippen molar-refractivity contribution in [2.75, 3.05) is 54.4 Å². The number of carbonyl (C=O) groups is 4. The molecule has 400 valence electrons. The number of carbonyl (C=O) groups excluding carboxylic acids is 4. The van der Waals surface area contributed by atoms with E-state index in [1.807, 2.05) is 99.2 Å². The van der Waals surface area contributed by atoms with Crippen molar-refractivity contribution in [1.82, 2.24) is 30.0 Å². The maximum Gasteiger partial charge on any atom is 0.358 e. The van der Waals surface area contributed by atoms with Crippen LogP contribution in [-0.2, 0) is 34.3 Å². The van der Waals surface area contributed by atoms with Crippen LogP contribution in [0.25, 0.3) is 32.2 Å². The van der Waals surface area contributed by atoms with Crippen molar-refractivity contribution in [3.63, 3.8) is 0 Å². The highest BCUT2D eigenvalue weighted by atomic mass is 32.1. The average Bonchev–Trinajstić information content (AvgIpc) is 4.07. The van der Waals surface area contributed by atoms with Crippen LogP contribution in [0, 0.1) is 19.8 Å². The molecule has 11 rings (SSSR count). The molecule has 1 unspecified atom stereocenters. The molecule has 3 aliphatic heterocycles. The molecule has 0 bridgehead atoms. The van der Waals surface area contributed by atoms with Gasteiger partial charge in [0, 0.05) is 74.9 Å². The van der Waals surface area contributed by atoms with Crippen molar-refractivity contribution in [2.24, 2.45) is 13.0 Å². The third-order valence-electron chi connectivity index (χ3n) is 16.1. The van der Waals surface area contributed by atoms with Gasteiger partial charge >= 0.3 is 5.97 Å². The van der Waals surface area contributed by atoms with E-state index < -0.39 is 17.5 Å². The lowest BCUT2D eigenvalue weighted by atomic mass is 9.84. The zero-order valence-electron chi connectivity index (χ0n) is 45.1. The molecule has 6 heterocycles. The molecule has 15 nitrogen and oxygen atoms in total. The molecule has 1 saturated carbocycles. The van der Waals surface area contributed by atoms with Gasteiger partial charge in [0.25, 0.3) is 5.91 Å². The number of aryl methyl sites for hydroxylation is 2. The fourth-order valence-electron chi connectivity index (χ4n) is 12.0. The number of imide groups is 1. The first-order valence-corrected chi connectivity index (χ1v) is 28.3. The molecule has 1 atom stereocenters. The Morgan fingerprint density at radius 1 is 0.831 bits per heavy atom. The Hall–Kier alpha value is -7.17. The molecule has 3 fully saturated rings. The molecular weight excluding hydrogens is 987 g/mol. The van der Waals surface area contributed by atoms with E-state index in [2.05, 4.69) is 62.4 Å². The average molecular weight is 1060 g/mol. The molecule has 2 N–H and O–H groups in total. The summed E-state index contributed by atoms with van der Waals surface area (Å²) >= 11 is 1.45. The first-order chi connectivity index (χ1) is 37.1. The number of pyridine rings is 1. The monoisotopic (exact) mass is 1060 g/mol. The molecule has 0 radical (unpaired) electrons. The number of nitrogens with one attached hydrogen (secondary N) is 2. The Bertz CT molecular complexity index is 3370. The van der Waals surface area contributed by atoms with Gasteiger partial charge in [0.2, 0.25) is 11.8 Å². The van der Waals surface area contributed by atoms with Crippen molar-refractivity contribution < 1.29 is 28.7 Å². The lowest BCUT2D eigenvalue weighted by Crippen LogP contribution is -2.46. The summed E-state index contributed by atoms with van der Waals surface area (Å²) in [7, 11) is 1.93. The summed E-state index contributed by atoms with van der Waals surface area (Å²) in [5, 5.41) is 11.9. The Kier molecular flexibility index (Phi) is 14.6. The molecule has 2 saturated heterocycles. The van der Waals surface area contributed by atoms with Crippen LogP contribution >= 0.6 is 11.3 Å². The van der Waals surface area contributed by atoms with Crippen molar-refractivity contribution in [3.8, 4) is 16.9 Å². The van der Waals surface area contributed by atoms with Gasteiger partial charge in [0.05, 0.1) is 33.4 Å². The maximum atomic E-state index is 14.1. The van der Waals surface area contributed by atoms with Gasteiger partial charge < -0.3 is 19.3 Å². The Morgan fingerprint density at radius 2 is 1.62 bits per heavy atom. The van der Waals surface area contributed by atoms with Gasteiger partial charge in [0.15, 0.2) is 10.8 Å². The highest BCUT2D eigenvalue weighted by Gasteiger charge is 2.33. The number of esters is 1. The third kappa shape index (κ3) is 11.2. The number of ether oxygens (including phenoxy) is 2. The van der Waals surface area contributed by atoms with Gasteiger partial charge in [-0.05, 0) is 175 Å². The van der Waals surface area contributed by atoms with Crippen LogP contribution in [0.2, 0.25) is 0 Å². The minimum Gasteiger partial charge on any atom is -0.490 e. The van der Waals surface area contributed by atoms with Gasteiger partial charge in [-0.15, -0.1) is 0 Å². The smallest absolute Gasteiger partial charge is 0.358 e. The summed E-state index contributed by atoms with van der Waals surface area (Å²) in [4.78, 5) is 69.4. The molecule has 7 aromatic rings. The zero-order chi connectivity index (χ0) is 53.5. The summed E-state index contributed by atoms with van der Waals surface area (Å²) in [5.41, 5.74) is 9.67. The van der Waals surface area contributed by atoms with Crippen LogP contribution in [0.5, 0.6) is 5.75 Å². The van der Waals surface area contributed by atoms with E-state index in [0.29, 0.717) is 60.3 Å². The second-order valence-electron chi connectivity index (χ2n) is 22.5. The molecule has 1 aliphatic carbocycles. The lowest BCUT2D eigenvalue weighted by molar-refractivity contribution is -0.134. The third-order valence-corrected chi connectivity index (χ3v) is 17.0. The second kappa shape index (κ2) is 21.7. The minimum absolute atomic E-state index is 0.118. The van der Waals surface area contributed by atoms with E-state index in [1.54, 1.807) is 0 Å². The molecular formula is C61H69N9O6S. The summed E-state index contributed by atoms with van der Waals surface area (Å²) in [5.74, 6) is 0.566. The summed E-state index contributed by atoms with van der Waals surface area (Å²) < 4.78 is 15.7. The number of aromatic nitrogens is 4. The van der Waals surface area contributed by atoms with Crippen LogP contribution in [0.15, 0.2) is 84.9 Å². The summed E-state index contributed by atoms with van der Waals surface area (Å²) in [6.07, 6.45) is 8.35. The number of rotatable bonds is 13. The summed E-state index contributed by atoms with van der Waals surface area (Å²) in [6.45, 7) is 16.0. The number of hydrogen-bond donors (Lipinski definition) is 2. The van der Waals surface area contributed by atoms with Crippen molar-refractivity contribution in [2.45, 2.75) is 117 Å². The fraction of sp³-hybridized carbons (Fsp3) is 0.426. The fourth-order valence-corrected chi connectivity index (χ4v) is 12.8. The van der Waals surface area contributed by atoms with Crippen LogP contribution in [0.4, 0.5) is 16.6 Å². The number of anilines is 3. The number of hydrogen-bond acceptors (Lipinski definition) is 13. The maximum absolute atomic E-state index is 14.1. The molecule has 16 heteroatoms. The van der Waals surface area contributed by atoms with Crippen LogP contribution in [0.1, 0.15) is 127 Å². The number of benzene rings is 4. The number of para-hydroxylation sites is 1. The van der Waals surface area contributed by atoms with Crippen LogP contribution in [0.3, 0.4) is 0 Å². The van der Waals surface area contributed by atoms with Crippen molar-refractivity contribution >= 4 is 72.8 Å².